The van der Waals surface area contributed by atoms with Crippen molar-refractivity contribution < 1.29 is 5.11 Å². The summed E-state index contributed by atoms with van der Waals surface area (Å²) in [5.41, 5.74) is 0.230. The van der Waals surface area contributed by atoms with Crippen LogP contribution in [0.2, 0.25) is 0 Å². The molecule has 0 unspecified atom stereocenters. The van der Waals surface area contributed by atoms with Crippen LogP contribution >= 0.6 is 0 Å². The Labute approximate surface area is 74.2 Å². The minimum atomic E-state index is -0.108. The van der Waals surface area contributed by atoms with Gasteiger partial charge < -0.3 is 5.11 Å². The highest BCUT2D eigenvalue weighted by Gasteiger charge is 2.32. The van der Waals surface area contributed by atoms with Gasteiger partial charge in [-0.3, -0.25) is 0 Å². The average molecular weight is 167 g/mol. The van der Waals surface area contributed by atoms with E-state index in [1.165, 1.54) is 0 Å². The van der Waals surface area contributed by atoms with Gasteiger partial charge in [0.1, 0.15) is 0 Å². The Morgan fingerprint density at radius 3 is 2.50 bits per heavy atom. The zero-order chi connectivity index (χ0) is 9.03. The summed E-state index contributed by atoms with van der Waals surface area (Å²) in [5.74, 6) is 0. The molecule has 0 spiro atoms. The van der Waals surface area contributed by atoms with Crippen LogP contribution in [0.4, 0.5) is 0 Å². The molecule has 0 atom stereocenters. The molecule has 1 rings (SSSR count). The second-order valence-electron chi connectivity index (χ2n) is 3.92. The van der Waals surface area contributed by atoms with Crippen molar-refractivity contribution in [3.05, 3.63) is 0 Å². The summed E-state index contributed by atoms with van der Waals surface area (Å²) in [6.45, 7) is 2.15. The van der Waals surface area contributed by atoms with Crippen molar-refractivity contribution in [1.82, 2.24) is 0 Å². The van der Waals surface area contributed by atoms with Gasteiger partial charge in [0.2, 0.25) is 0 Å². The molecule has 1 N–H and O–H groups in total. The van der Waals surface area contributed by atoms with E-state index in [4.69, 9.17) is 5.26 Å². The quantitative estimate of drug-likeness (QED) is 0.685. The largest absolute Gasteiger partial charge is 0.393 e. The van der Waals surface area contributed by atoms with E-state index in [1.807, 2.05) is 0 Å². The van der Waals surface area contributed by atoms with E-state index in [2.05, 4.69) is 13.0 Å². The van der Waals surface area contributed by atoms with Crippen LogP contribution in [-0.2, 0) is 0 Å². The fraction of sp³-hybridized carbons (Fsp3) is 0.900. The maximum Gasteiger partial charge on any atom is 0.0627 e. The lowest BCUT2D eigenvalue weighted by atomic mass is 9.70. The summed E-state index contributed by atoms with van der Waals surface area (Å²) in [6.07, 6.45) is 5.45. The Hall–Kier alpha value is -0.550. The van der Waals surface area contributed by atoms with E-state index in [9.17, 15) is 5.11 Å². The van der Waals surface area contributed by atoms with Gasteiger partial charge in [0.25, 0.3) is 0 Å². The van der Waals surface area contributed by atoms with Crippen LogP contribution < -0.4 is 0 Å². The Bertz CT molecular complexity index is 175. The third-order valence-corrected chi connectivity index (χ3v) is 3.22. The van der Waals surface area contributed by atoms with Crippen molar-refractivity contribution in [3.8, 4) is 6.07 Å². The van der Waals surface area contributed by atoms with E-state index < -0.39 is 0 Å². The standard InChI is InChI=1S/C10H17NO/c1-2-10(7-8-11)5-3-9(12)4-6-10/h9,12H,2-7H2,1H3. The van der Waals surface area contributed by atoms with Crippen molar-refractivity contribution in [2.75, 3.05) is 0 Å². The zero-order valence-corrected chi connectivity index (χ0v) is 7.71. The summed E-state index contributed by atoms with van der Waals surface area (Å²) in [7, 11) is 0. The molecule has 0 aromatic rings. The van der Waals surface area contributed by atoms with Gasteiger partial charge in [-0.25, -0.2) is 0 Å². The van der Waals surface area contributed by atoms with Crippen molar-refractivity contribution in [1.29, 1.82) is 5.26 Å². The first kappa shape index (κ1) is 9.54. The smallest absolute Gasteiger partial charge is 0.0627 e. The lowest BCUT2D eigenvalue weighted by molar-refractivity contribution is 0.0623. The second kappa shape index (κ2) is 3.91. The predicted molar refractivity (Wildman–Crippen MR) is 47.4 cm³/mol. The molecule has 1 aliphatic carbocycles. The Balaban J connectivity index is 2.52. The molecule has 0 aliphatic heterocycles. The number of aliphatic hydroxyl groups excluding tert-OH is 1. The average Bonchev–Trinajstić information content (AvgIpc) is 2.10. The van der Waals surface area contributed by atoms with Crippen molar-refractivity contribution in [2.24, 2.45) is 5.41 Å². The van der Waals surface area contributed by atoms with Gasteiger partial charge >= 0.3 is 0 Å². The monoisotopic (exact) mass is 167 g/mol. The third-order valence-electron chi connectivity index (χ3n) is 3.22. The molecule has 0 saturated heterocycles. The molecule has 1 saturated carbocycles. The van der Waals surface area contributed by atoms with E-state index >= 15 is 0 Å². The fourth-order valence-electron chi connectivity index (χ4n) is 2.04. The normalized spacial score (nSPS) is 35.9. The molecule has 68 valence electrons. The maximum absolute atomic E-state index is 9.32. The molecule has 1 fully saturated rings. The Kier molecular flexibility index (Phi) is 3.11. The minimum Gasteiger partial charge on any atom is -0.393 e. The minimum absolute atomic E-state index is 0.108. The van der Waals surface area contributed by atoms with E-state index in [0.29, 0.717) is 6.42 Å². The predicted octanol–water partition coefficient (Wildman–Crippen LogP) is 2.23. The number of rotatable bonds is 2. The number of nitrogens with zero attached hydrogens (tertiary/aromatic N) is 1. The van der Waals surface area contributed by atoms with Crippen molar-refractivity contribution >= 4 is 0 Å². The van der Waals surface area contributed by atoms with Crippen LogP contribution in [0.25, 0.3) is 0 Å². The molecule has 0 bridgehead atoms. The first-order chi connectivity index (χ1) is 5.72. The lowest BCUT2D eigenvalue weighted by Crippen LogP contribution is -2.28. The summed E-state index contributed by atoms with van der Waals surface area (Å²) in [6, 6.07) is 2.26. The SMILES string of the molecule is CCC1(CC#N)CCC(O)CC1. The first-order valence-corrected chi connectivity index (χ1v) is 4.77. The van der Waals surface area contributed by atoms with Crippen LogP contribution in [0.5, 0.6) is 0 Å². The fourth-order valence-corrected chi connectivity index (χ4v) is 2.04. The Morgan fingerprint density at radius 2 is 2.08 bits per heavy atom. The summed E-state index contributed by atoms with van der Waals surface area (Å²) < 4.78 is 0. The second-order valence-corrected chi connectivity index (χ2v) is 3.92. The van der Waals surface area contributed by atoms with Gasteiger partial charge in [-0.15, -0.1) is 0 Å². The van der Waals surface area contributed by atoms with Crippen LogP contribution in [0.3, 0.4) is 0 Å². The van der Waals surface area contributed by atoms with Crippen LogP contribution in [0.1, 0.15) is 45.4 Å². The maximum atomic E-state index is 9.32. The number of nitriles is 1. The molecule has 0 amide bonds. The first-order valence-electron chi connectivity index (χ1n) is 4.77. The van der Waals surface area contributed by atoms with Gasteiger partial charge in [0.05, 0.1) is 12.2 Å². The zero-order valence-electron chi connectivity index (χ0n) is 7.71. The molecule has 2 nitrogen and oxygen atoms in total. The molecule has 2 heteroatoms. The highest BCUT2D eigenvalue weighted by Crippen LogP contribution is 2.41. The lowest BCUT2D eigenvalue weighted by Gasteiger charge is -2.36. The summed E-state index contributed by atoms with van der Waals surface area (Å²) in [5, 5.41) is 18.0. The highest BCUT2D eigenvalue weighted by molar-refractivity contribution is 4.91. The summed E-state index contributed by atoms with van der Waals surface area (Å²) >= 11 is 0. The van der Waals surface area contributed by atoms with Gasteiger partial charge in [-0.1, -0.05) is 6.92 Å². The third kappa shape index (κ3) is 1.98. The van der Waals surface area contributed by atoms with Crippen LogP contribution in [0.15, 0.2) is 0 Å². The Morgan fingerprint density at radius 1 is 1.50 bits per heavy atom. The number of hydrogen-bond acceptors (Lipinski definition) is 2. The molecule has 0 heterocycles. The van der Waals surface area contributed by atoms with E-state index in [1.54, 1.807) is 0 Å². The topological polar surface area (TPSA) is 44.0 Å². The van der Waals surface area contributed by atoms with Gasteiger partial charge in [-0.2, -0.15) is 5.26 Å². The summed E-state index contributed by atoms with van der Waals surface area (Å²) in [4.78, 5) is 0. The molecule has 1 aliphatic rings. The highest BCUT2D eigenvalue weighted by atomic mass is 16.3. The molecular formula is C10H17NO. The van der Waals surface area contributed by atoms with Gasteiger partial charge in [-0.05, 0) is 37.5 Å². The van der Waals surface area contributed by atoms with Crippen LogP contribution in [0, 0.1) is 16.7 Å². The molecule has 0 aromatic heterocycles. The number of hydrogen-bond donors (Lipinski definition) is 1. The van der Waals surface area contributed by atoms with Crippen molar-refractivity contribution in [3.63, 3.8) is 0 Å². The molecular weight excluding hydrogens is 150 g/mol. The number of aliphatic hydroxyl groups is 1. The molecule has 12 heavy (non-hydrogen) atoms. The van der Waals surface area contributed by atoms with Crippen LogP contribution in [-0.4, -0.2) is 11.2 Å². The van der Waals surface area contributed by atoms with E-state index in [-0.39, 0.29) is 11.5 Å². The molecule has 0 radical (unpaired) electrons. The van der Waals surface area contributed by atoms with Crippen molar-refractivity contribution in [2.45, 2.75) is 51.6 Å². The van der Waals surface area contributed by atoms with Gasteiger partial charge in [0.15, 0.2) is 0 Å². The van der Waals surface area contributed by atoms with Gasteiger partial charge in [0, 0.05) is 6.42 Å². The van der Waals surface area contributed by atoms with E-state index in [0.717, 1.165) is 32.1 Å². The molecule has 0 aromatic carbocycles.